The Hall–Kier alpha value is -1.59. The van der Waals surface area contributed by atoms with Crippen LogP contribution in [0.15, 0.2) is 30.9 Å². The number of rotatable bonds is 4. The Morgan fingerprint density at radius 1 is 1.47 bits per heavy atom. The summed E-state index contributed by atoms with van der Waals surface area (Å²) in [6, 6.07) is 5.74. The fourth-order valence-corrected chi connectivity index (χ4v) is 2.50. The molecule has 2 aromatic rings. The summed E-state index contributed by atoms with van der Waals surface area (Å²) in [6.45, 7) is 1.64. The highest BCUT2D eigenvalue weighted by molar-refractivity contribution is 6.33. The fraction of sp³-hybridized carbons (Fsp3) is 0.385. The molecule has 1 saturated heterocycles. The summed E-state index contributed by atoms with van der Waals surface area (Å²) >= 11 is 6.26. The van der Waals surface area contributed by atoms with Gasteiger partial charge in [0.2, 0.25) is 0 Å². The third kappa shape index (κ3) is 2.72. The molecular formula is C13H15ClN4O. The molecule has 0 spiro atoms. The molecule has 0 amide bonds. The van der Waals surface area contributed by atoms with Crippen molar-refractivity contribution in [1.82, 2.24) is 14.8 Å². The molecule has 1 aliphatic heterocycles. The molecule has 0 saturated carbocycles. The zero-order chi connectivity index (χ0) is 13.1. The van der Waals surface area contributed by atoms with Gasteiger partial charge in [0.25, 0.3) is 0 Å². The largest absolute Gasteiger partial charge is 0.381 e. The van der Waals surface area contributed by atoms with Crippen molar-refractivity contribution in [3.05, 3.63) is 35.9 Å². The van der Waals surface area contributed by atoms with Gasteiger partial charge in [-0.05, 0) is 25.0 Å². The van der Waals surface area contributed by atoms with Crippen LogP contribution in [0.3, 0.4) is 0 Å². The Bertz CT molecular complexity index is 538. The standard InChI is InChI=1S/C13H15ClN4O/c14-11-4-1-5-12(13(11)18-9-15-8-17-18)16-7-10-3-2-6-19-10/h1,4-5,8-10,16H,2-3,6-7H2. The molecule has 1 aromatic heterocycles. The van der Waals surface area contributed by atoms with Crippen molar-refractivity contribution in [3.63, 3.8) is 0 Å². The lowest BCUT2D eigenvalue weighted by atomic mass is 10.2. The predicted octanol–water partition coefficient (Wildman–Crippen LogP) is 2.51. The van der Waals surface area contributed by atoms with Crippen LogP contribution in [-0.2, 0) is 4.74 Å². The highest BCUT2D eigenvalue weighted by Gasteiger charge is 2.16. The van der Waals surface area contributed by atoms with Crippen LogP contribution in [0.2, 0.25) is 5.02 Å². The van der Waals surface area contributed by atoms with E-state index in [9.17, 15) is 0 Å². The van der Waals surface area contributed by atoms with Gasteiger partial charge in [0, 0.05) is 13.2 Å². The van der Waals surface area contributed by atoms with E-state index in [1.54, 1.807) is 11.0 Å². The minimum Gasteiger partial charge on any atom is -0.381 e. The number of nitrogens with zero attached hydrogens (tertiary/aromatic N) is 3. The maximum Gasteiger partial charge on any atom is 0.138 e. The average Bonchev–Trinajstić information content (AvgIpc) is 3.09. The van der Waals surface area contributed by atoms with E-state index in [0.717, 1.165) is 37.4 Å². The van der Waals surface area contributed by atoms with Crippen LogP contribution in [0.5, 0.6) is 0 Å². The molecule has 1 aromatic carbocycles. The molecule has 1 N–H and O–H groups in total. The Morgan fingerprint density at radius 2 is 2.42 bits per heavy atom. The molecule has 3 rings (SSSR count). The van der Waals surface area contributed by atoms with E-state index in [1.165, 1.54) is 6.33 Å². The second-order valence-corrected chi connectivity index (χ2v) is 4.90. The Morgan fingerprint density at radius 3 is 3.16 bits per heavy atom. The Balaban J connectivity index is 1.82. The normalized spacial score (nSPS) is 18.7. The molecule has 1 aliphatic rings. The molecule has 1 atom stereocenters. The van der Waals surface area contributed by atoms with Crippen LogP contribution in [-0.4, -0.2) is 34.0 Å². The quantitative estimate of drug-likeness (QED) is 0.934. The first-order valence-electron chi connectivity index (χ1n) is 6.33. The monoisotopic (exact) mass is 278 g/mol. The van der Waals surface area contributed by atoms with Crippen molar-refractivity contribution in [2.75, 3.05) is 18.5 Å². The van der Waals surface area contributed by atoms with Crippen LogP contribution in [0.4, 0.5) is 5.69 Å². The number of anilines is 1. The van der Waals surface area contributed by atoms with Gasteiger partial charge in [-0.25, -0.2) is 9.67 Å². The molecule has 6 heteroatoms. The van der Waals surface area contributed by atoms with Crippen LogP contribution >= 0.6 is 11.6 Å². The van der Waals surface area contributed by atoms with Gasteiger partial charge >= 0.3 is 0 Å². The van der Waals surface area contributed by atoms with E-state index in [-0.39, 0.29) is 6.10 Å². The smallest absolute Gasteiger partial charge is 0.138 e. The van der Waals surface area contributed by atoms with Crippen molar-refractivity contribution in [2.45, 2.75) is 18.9 Å². The molecule has 100 valence electrons. The summed E-state index contributed by atoms with van der Waals surface area (Å²) in [7, 11) is 0. The number of nitrogens with one attached hydrogen (secondary N) is 1. The summed E-state index contributed by atoms with van der Waals surface area (Å²) in [5.41, 5.74) is 1.76. The lowest BCUT2D eigenvalue weighted by Gasteiger charge is -2.15. The van der Waals surface area contributed by atoms with Crippen LogP contribution in [0.1, 0.15) is 12.8 Å². The zero-order valence-corrected chi connectivity index (χ0v) is 11.2. The fourth-order valence-electron chi connectivity index (χ4n) is 2.24. The minimum absolute atomic E-state index is 0.280. The Kier molecular flexibility index (Phi) is 3.66. The van der Waals surface area contributed by atoms with E-state index in [4.69, 9.17) is 16.3 Å². The van der Waals surface area contributed by atoms with E-state index in [0.29, 0.717) is 5.02 Å². The molecule has 2 heterocycles. The van der Waals surface area contributed by atoms with Gasteiger partial charge in [0.1, 0.15) is 18.3 Å². The average molecular weight is 279 g/mol. The lowest BCUT2D eigenvalue weighted by Crippen LogP contribution is -2.19. The zero-order valence-electron chi connectivity index (χ0n) is 10.4. The maximum atomic E-state index is 6.26. The van der Waals surface area contributed by atoms with Crippen molar-refractivity contribution in [2.24, 2.45) is 0 Å². The van der Waals surface area contributed by atoms with Gasteiger partial charge in [-0.2, -0.15) is 5.10 Å². The van der Waals surface area contributed by atoms with Crippen molar-refractivity contribution < 1.29 is 4.74 Å². The van der Waals surface area contributed by atoms with E-state index in [1.807, 2.05) is 18.2 Å². The topological polar surface area (TPSA) is 52.0 Å². The third-order valence-electron chi connectivity index (χ3n) is 3.18. The summed E-state index contributed by atoms with van der Waals surface area (Å²) in [6.07, 6.45) is 5.65. The molecule has 1 unspecified atom stereocenters. The van der Waals surface area contributed by atoms with Gasteiger partial charge < -0.3 is 10.1 Å². The first-order chi connectivity index (χ1) is 9.34. The van der Waals surface area contributed by atoms with Gasteiger partial charge in [-0.1, -0.05) is 17.7 Å². The second-order valence-electron chi connectivity index (χ2n) is 4.49. The maximum absolute atomic E-state index is 6.26. The number of halogens is 1. The van der Waals surface area contributed by atoms with Gasteiger partial charge in [-0.3, -0.25) is 0 Å². The second kappa shape index (κ2) is 5.59. The molecule has 1 fully saturated rings. The number of aromatic nitrogens is 3. The first-order valence-corrected chi connectivity index (χ1v) is 6.71. The highest BCUT2D eigenvalue weighted by Crippen LogP contribution is 2.28. The van der Waals surface area contributed by atoms with Crippen LogP contribution in [0, 0.1) is 0 Å². The molecular weight excluding hydrogens is 264 g/mol. The third-order valence-corrected chi connectivity index (χ3v) is 3.48. The number of ether oxygens (including phenoxy) is 1. The molecule has 0 bridgehead atoms. The van der Waals surface area contributed by atoms with Gasteiger partial charge in [0.05, 0.1) is 16.8 Å². The van der Waals surface area contributed by atoms with Crippen molar-refractivity contribution in [3.8, 4) is 5.69 Å². The van der Waals surface area contributed by atoms with Gasteiger partial charge in [-0.15, -0.1) is 0 Å². The first kappa shape index (κ1) is 12.4. The number of benzene rings is 1. The highest BCUT2D eigenvalue weighted by atomic mass is 35.5. The van der Waals surface area contributed by atoms with Crippen LogP contribution < -0.4 is 5.32 Å². The van der Waals surface area contributed by atoms with Crippen molar-refractivity contribution >= 4 is 17.3 Å². The summed E-state index contributed by atoms with van der Waals surface area (Å²) in [4.78, 5) is 3.96. The van der Waals surface area contributed by atoms with E-state index < -0.39 is 0 Å². The molecule has 19 heavy (non-hydrogen) atoms. The van der Waals surface area contributed by atoms with Gasteiger partial charge in [0.15, 0.2) is 0 Å². The molecule has 0 aliphatic carbocycles. The summed E-state index contributed by atoms with van der Waals surface area (Å²) < 4.78 is 7.27. The summed E-state index contributed by atoms with van der Waals surface area (Å²) in [5.74, 6) is 0. The summed E-state index contributed by atoms with van der Waals surface area (Å²) in [5, 5.41) is 8.17. The minimum atomic E-state index is 0.280. The van der Waals surface area contributed by atoms with Crippen molar-refractivity contribution in [1.29, 1.82) is 0 Å². The predicted molar refractivity (Wildman–Crippen MR) is 73.8 cm³/mol. The SMILES string of the molecule is Clc1cccc(NCC2CCCO2)c1-n1cncn1. The van der Waals surface area contributed by atoms with Crippen LogP contribution in [0.25, 0.3) is 5.69 Å². The molecule has 0 radical (unpaired) electrons. The number of hydrogen-bond donors (Lipinski definition) is 1. The van der Waals surface area contributed by atoms with E-state index in [2.05, 4.69) is 15.4 Å². The Labute approximate surface area is 116 Å². The lowest BCUT2D eigenvalue weighted by molar-refractivity contribution is 0.120. The van der Waals surface area contributed by atoms with E-state index >= 15 is 0 Å². The number of hydrogen-bond acceptors (Lipinski definition) is 4. The number of para-hydroxylation sites is 1. The molecule has 5 nitrogen and oxygen atoms in total.